The molecule has 0 saturated heterocycles. The number of amides is 3. The number of rotatable bonds is 6. The zero-order valence-corrected chi connectivity index (χ0v) is 14.3. The highest BCUT2D eigenvalue weighted by Gasteiger charge is 2.05. The molecule has 0 spiro atoms. The number of benzene rings is 1. The van der Waals surface area contributed by atoms with Crippen molar-refractivity contribution >= 4 is 27.9 Å². The second-order valence-corrected chi connectivity index (χ2v) is 5.81. The van der Waals surface area contributed by atoms with Crippen LogP contribution < -0.4 is 16.0 Å². The minimum absolute atomic E-state index is 0.177. The van der Waals surface area contributed by atoms with Gasteiger partial charge in [0, 0.05) is 48.5 Å². The minimum Gasteiger partial charge on any atom is -0.350 e. The molecular weight excluding hydrogens is 362 g/mol. The predicted octanol–water partition coefficient (Wildman–Crippen LogP) is 1.41. The van der Waals surface area contributed by atoms with E-state index in [1.165, 1.54) is 0 Å². The molecular formula is C15H18BrN5O2. The summed E-state index contributed by atoms with van der Waals surface area (Å²) in [4.78, 5) is 23.5. The molecule has 0 bridgehead atoms. The number of carbonyl (C=O) groups is 2. The largest absolute Gasteiger partial charge is 0.350 e. The molecule has 122 valence electrons. The van der Waals surface area contributed by atoms with E-state index >= 15 is 0 Å². The van der Waals surface area contributed by atoms with Crippen molar-refractivity contribution in [2.45, 2.75) is 6.54 Å². The van der Waals surface area contributed by atoms with E-state index in [-0.39, 0.29) is 11.9 Å². The number of hydrogen-bond acceptors (Lipinski definition) is 3. The SMILES string of the molecule is Cn1cc(CNC(=O)NCCNC(=O)c2cccc(Br)c2)cn1. The lowest BCUT2D eigenvalue weighted by Gasteiger charge is -2.08. The number of carbonyl (C=O) groups excluding carboxylic acids is 2. The van der Waals surface area contributed by atoms with Crippen molar-refractivity contribution < 1.29 is 9.59 Å². The third kappa shape index (κ3) is 5.74. The van der Waals surface area contributed by atoms with Gasteiger partial charge in [0.15, 0.2) is 0 Å². The highest BCUT2D eigenvalue weighted by Crippen LogP contribution is 2.11. The zero-order chi connectivity index (χ0) is 16.7. The summed E-state index contributed by atoms with van der Waals surface area (Å²) >= 11 is 3.32. The van der Waals surface area contributed by atoms with E-state index < -0.39 is 0 Å². The molecule has 8 heteroatoms. The molecule has 3 amide bonds. The molecule has 23 heavy (non-hydrogen) atoms. The second-order valence-electron chi connectivity index (χ2n) is 4.90. The molecule has 0 fully saturated rings. The topological polar surface area (TPSA) is 88.0 Å². The summed E-state index contributed by atoms with van der Waals surface area (Å²) in [5, 5.41) is 12.2. The van der Waals surface area contributed by atoms with Crippen LogP contribution in [0.3, 0.4) is 0 Å². The van der Waals surface area contributed by atoms with Crippen LogP contribution in [-0.2, 0) is 13.6 Å². The maximum Gasteiger partial charge on any atom is 0.315 e. The van der Waals surface area contributed by atoms with Crippen LogP contribution in [-0.4, -0.2) is 34.8 Å². The first kappa shape index (κ1) is 17.0. The molecule has 2 rings (SSSR count). The van der Waals surface area contributed by atoms with Crippen LogP contribution >= 0.6 is 15.9 Å². The summed E-state index contributed by atoms with van der Waals surface area (Å²) in [5.41, 5.74) is 1.49. The van der Waals surface area contributed by atoms with Crippen LogP contribution in [0.2, 0.25) is 0 Å². The molecule has 0 aliphatic heterocycles. The average Bonchev–Trinajstić information content (AvgIpc) is 2.95. The number of hydrogen-bond donors (Lipinski definition) is 3. The number of halogens is 1. The number of nitrogens with zero attached hydrogens (tertiary/aromatic N) is 2. The first-order chi connectivity index (χ1) is 11.0. The highest BCUT2D eigenvalue weighted by atomic mass is 79.9. The molecule has 7 nitrogen and oxygen atoms in total. The van der Waals surface area contributed by atoms with Gasteiger partial charge in [-0.1, -0.05) is 22.0 Å². The molecule has 0 unspecified atom stereocenters. The molecule has 1 aromatic carbocycles. The summed E-state index contributed by atoms with van der Waals surface area (Å²) < 4.78 is 2.52. The van der Waals surface area contributed by atoms with Crippen molar-refractivity contribution in [3.63, 3.8) is 0 Å². The molecule has 1 heterocycles. The first-order valence-electron chi connectivity index (χ1n) is 7.07. The Balaban J connectivity index is 1.63. The maximum absolute atomic E-state index is 11.9. The van der Waals surface area contributed by atoms with Gasteiger partial charge in [-0.2, -0.15) is 5.10 Å². The Morgan fingerprint density at radius 3 is 2.70 bits per heavy atom. The second kappa shape index (κ2) is 8.33. The molecule has 0 aliphatic carbocycles. The number of urea groups is 1. The van der Waals surface area contributed by atoms with E-state index in [0.29, 0.717) is 25.2 Å². The lowest BCUT2D eigenvalue weighted by atomic mass is 10.2. The van der Waals surface area contributed by atoms with Gasteiger partial charge in [-0.3, -0.25) is 9.48 Å². The number of aryl methyl sites for hydroxylation is 1. The highest BCUT2D eigenvalue weighted by molar-refractivity contribution is 9.10. The lowest BCUT2D eigenvalue weighted by molar-refractivity contribution is 0.0953. The lowest BCUT2D eigenvalue weighted by Crippen LogP contribution is -2.40. The van der Waals surface area contributed by atoms with E-state index in [2.05, 4.69) is 37.0 Å². The molecule has 0 aliphatic rings. The quantitative estimate of drug-likeness (QED) is 0.663. The van der Waals surface area contributed by atoms with Gasteiger partial charge in [0.1, 0.15) is 0 Å². The summed E-state index contributed by atoms with van der Waals surface area (Å²) in [5.74, 6) is -0.177. The van der Waals surface area contributed by atoms with Crippen molar-refractivity contribution in [1.82, 2.24) is 25.7 Å². The Hall–Kier alpha value is -2.35. The molecule has 2 aromatic rings. The van der Waals surface area contributed by atoms with Crippen LogP contribution in [0.5, 0.6) is 0 Å². The van der Waals surface area contributed by atoms with E-state index in [1.54, 1.807) is 29.1 Å². The van der Waals surface area contributed by atoms with E-state index in [4.69, 9.17) is 0 Å². The van der Waals surface area contributed by atoms with Crippen molar-refractivity contribution in [2.75, 3.05) is 13.1 Å². The van der Waals surface area contributed by atoms with Crippen molar-refractivity contribution in [1.29, 1.82) is 0 Å². The van der Waals surface area contributed by atoms with Gasteiger partial charge in [-0.25, -0.2) is 4.79 Å². The van der Waals surface area contributed by atoms with Crippen LogP contribution in [0, 0.1) is 0 Å². The molecule has 3 N–H and O–H groups in total. The Kier molecular flexibility index (Phi) is 6.16. The van der Waals surface area contributed by atoms with Gasteiger partial charge in [0.2, 0.25) is 0 Å². The van der Waals surface area contributed by atoms with Crippen LogP contribution in [0.1, 0.15) is 15.9 Å². The average molecular weight is 380 g/mol. The summed E-state index contributed by atoms with van der Waals surface area (Å²) in [7, 11) is 1.82. The zero-order valence-electron chi connectivity index (χ0n) is 12.7. The fourth-order valence-electron chi connectivity index (χ4n) is 1.89. The Morgan fingerprint density at radius 1 is 1.22 bits per heavy atom. The van der Waals surface area contributed by atoms with Crippen LogP contribution in [0.15, 0.2) is 41.1 Å². The van der Waals surface area contributed by atoms with Gasteiger partial charge in [0.25, 0.3) is 5.91 Å². The number of aromatic nitrogens is 2. The number of nitrogens with one attached hydrogen (secondary N) is 3. The van der Waals surface area contributed by atoms with Gasteiger partial charge in [0.05, 0.1) is 6.20 Å². The normalized spacial score (nSPS) is 10.2. The van der Waals surface area contributed by atoms with Gasteiger partial charge >= 0.3 is 6.03 Å². The molecule has 1 aromatic heterocycles. The van der Waals surface area contributed by atoms with E-state index in [9.17, 15) is 9.59 Å². The summed E-state index contributed by atoms with van der Waals surface area (Å²) in [6, 6.07) is 6.83. The third-order valence-corrected chi connectivity index (χ3v) is 3.49. The third-order valence-electron chi connectivity index (χ3n) is 2.99. The van der Waals surface area contributed by atoms with Crippen LogP contribution in [0.25, 0.3) is 0 Å². The molecule has 0 atom stereocenters. The van der Waals surface area contributed by atoms with E-state index in [1.807, 2.05) is 19.3 Å². The molecule has 0 saturated carbocycles. The first-order valence-corrected chi connectivity index (χ1v) is 7.87. The van der Waals surface area contributed by atoms with Crippen molar-refractivity contribution in [3.8, 4) is 0 Å². The maximum atomic E-state index is 11.9. The monoisotopic (exact) mass is 379 g/mol. The molecule has 0 radical (unpaired) electrons. The Morgan fingerprint density at radius 2 is 2.00 bits per heavy atom. The van der Waals surface area contributed by atoms with Crippen molar-refractivity contribution in [2.24, 2.45) is 7.05 Å². The van der Waals surface area contributed by atoms with E-state index in [0.717, 1.165) is 10.0 Å². The Bertz CT molecular complexity index is 686. The fourth-order valence-corrected chi connectivity index (χ4v) is 2.29. The smallest absolute Gasteiger partial charge is 0.315 e. The van der Waals surface area contributed by atoms with Gasteiger partial charge in [-0.05, 0) is 18.2 Å². The Labute approximate surface area is 142 Å². The predicted molar refractivity (Wildman–Crippen MR) is 89.9 cm³/mol. The summed E-state index contributed by atoms with van der Waals surface area (Å²) in [6.07, 6.45) is 3.52. The van der Waals surface area contributed by atoms with Crippen LogP contribution in [0.4, 0.5) is 4.79 Å². The van der Waals surface area contributed by atoms with Gasteiger partial charge in [-0.15, -0.1) is 0 Å². The minimum atomic E-state index is -0.287. The standard InChI is InChI=1S/C15H18BrN5O2/c1-21-10-11(9-20-21)8-19-15(23)18-6-5-17-14(22)12-3-2-4-13(16)7-12/h2-4,7,9-10H,5-6,8H2,1H3,(H,17,22)(H2,18,19,23). The van der Waals surface area contributed by atoms with Crippen molar-refractivity contribution in [3.05, 3.63) is 52.3 Å². The van der Waals surface area contributed by atoms with Gasteiger partial charge < -0.3 is 16.0 Å². The fraction of sp³-hybridized carbons (Fsp3) is 0.267. The summed E-state index contributed by atoms with van der Waals surface area (Å²) in [6.45, 7) is 1.11.